The van der Waals surface area contributed by atoms with E-state index >= 15 is 0 Å². The van der Waals surface area contributed by atoms with Gasteiger partial charge in [0.15, 0.2) is 5.17 Å². The molecular weight excluding hydrogens is 424 g/mol. The van der Waals surface area contributed by atoms with Crippen molar-refractivity contribution >= 4 is 40.1 Å². The Morgan fingerprint density at radius 3 is 2.31 bits per heavy atom. The summed E-state index contributed by atoms with van der Waals surface area (Å²) in [5, 5.41) is 0.565. The number of para-hydroxylation sites is 2. The van der Waals surface area contributed by atoms with Crippen LogP contribution in [0.1, 0.15) is 0 Å². The minimum Gasteiger partial charge on any atom is -0.368 e. The molecule has 2 aromatic rings. The summed E-state index contributed by atoms with van der Waals surface area (Å²) in [7, 11) is 0. The van der Waals surface area contributed by atoms with Crippen molar-refractivity contribution in [3.8, 4) is 0 Å². The van der Waals surface area contributed by atoms with Crippen molar-refractivity contribution in [1.29, 1.82) is 0 Å². The Labute approximate surface area is 191 Å². The Morgan fingerprint density at radius 2 is 1.62 bits per heavy atom. The van der Waals surface area contributed by atoms with Gasteiger partial charge in [0.2, 0.25) is 11.8 Å². The molecule has 3 aliphatic heterocycles. The molecule has 2 N–H and O–H groups in total. The third kappa shape index (κ3) is 4.23. The number of nitrogens with one attached hydrogen (secondary N) is 2. The molecular formula is C23H26N6O2S. The summed E-state index contributed by atoms with van der Waals surface area (Å²) in [6.07, 6.45) is -0.297. The van der Waals surface area contributed by atoms with Crippen LogP contribution in [0.5, 0.6) is 0 Å². The molecule has 0 bridgehead atoms. The first kappa shape index (κ1) is 21.0. The van der Waals surface area contributed by atoms with Crippen LogP contribution in [-0.2, 0) is 9.59 Å². The molecule has 0 aliphatic carbocycles. The van der Waals surface area contributed by atoms with Crippen LogP contribution in [0.3, 0.4) is 0 Å². The molecule has 8 nitrogen and oxygen atoms in total. The first-order valence-corrected chi connectivity index (χ1v) is 11.8. The average molecular weight is 451 g/mol. The highest BCUT2D eigenvalue weighted by atomic mass is 32.2. The highest BCUT2D eigenvalue weighted by Crippen LogP contribution is 2.29. The second kappa shape index (κ2) is 9.32. The van der Waals surface area contributed by atoms with Gasteiger partial charge in [-0.15, -0.1) is 0 Å². The van der Waals surface area contributed by atoms with Gasteiger partial charge in [-0.25, -0.2) is 10.4 Å². The molecule has 0 aromatic heterocycles. The van der Waals surface area contributed by atoms with Crippen molar-refractivity contribution in [2.75, 3.05) is 48.3 Å². The highest BCUT2D eigenvalue weighted by molar-refractivity contribution is 8.14. The summed E-state index contributed by atoms with van der Waals surface area (Å²) in [5.41, 5.74) is 8.06. The predicted octanol–water partition coefficient (Wildman–Crippen LogP) is 1.52. The van der Waals surface area contributed by atoms with Gasteiger partial charge < -0.3 is 9.80 Å². The van der Waals surface area contributed by atoms with E-state index in [1.54, 1.807) is 4.90 Å². The maximum absolute atomic E-state index is 13.2. The number of anilines is 2. The van der Waals surface area contributed by atoms with Crippen LogP contribution in [0.15, 0.2) is 65.7 Å². The lowest BCUT2D eigenvalue weighted by atomic mass is 10.1. The molecule has 5 rings (SSSR count). The third-order valence-corrected chi connectivity index (χ3v) is 6.96. The fraction of sp³-hybridized carbons (Fsp3) is 0.348. The van der Waals surface area contributed by atoms with Crippen molar-refractivity contribution < 1.29 is 9.59 Å². The zero-order valence-corrected chi connectivity index (χ0v) is 18.5. The van der Waals surface area contributed by atoms with Gasteiger partial charge in [0.05, 0.1) is 17.4 Å². The molecule has 2 saturated heterocycles. The Kier molecular flexibility index (Phi) is 6.11. The lowest BCUT2D eigenvalue weighted by molar-refractivity contribution is -0.128. The fourth-order valence-corrected chi connectivity index (χ4v) is 5.20. The van der Waals surface area contributed by atoms with Gasteiger partial charge in [0, 0.05) is 38.4 Å². The van der Waals surface area contributed by atoms with Crippen molar-refractivity contribution in [3.05, 3.63) is 60.7 Å². The molecule has 0 spiro atoms. The second-order valence-electron chi connectivity index (χ2n) is 7.99. The Morgan fingerprint density at radius 1 is 0.969 bits per heavy atom. The lowest BCUT2D eigenvalue weighted by Crippen LogP contribution is -2.51. The lowest BCUT2D eigenvalue weighted by Gasteiger charge is -2.36. The zero-order valence-electron chi connectivity index (χ0n) is 17.7. The van der Waals surface area contributed by atoms with E-state index in [-0.39, 0.29) is 29.7 Å². The number of amides is 2. The number of thioether (sulfide) groups is 1. The molecule has 32 heavy (non-hydrogen) atoms. The number of fused-ring (bicyclic) bond motifs is 1. The van der Waals surface area contributed by atoms with E-state index < -0.39 is 0 Å². The Balaban J connectivity index is 1.24. The third-order valence-electron chi connectivity index (χ3n) is 6.02. The standard InChI is InChI=1S/C23H26N6O2S/c30-20(28-13-11-27(12-14-28)17-7-3-1-4-8-17)16-32-23-25-21-19(15-24-26-21)22(31)29(23)18-9-5-2-6-10-18/h1-10,19,21,24,26H,11-16H2. The summed E-state index contributed by atoms with van der Waals surface area (Å²) in [4.78, 5) is 36.7. The topological polar surface area (TPSA) is 80.3 Å². The van der Waals surface area contributed by atoms with Crippen molar-refractivity contribution in [2.45, 2.75) is 6.17 Å². The summed E-state index contributed by atoms with van der Waals surface area (Å²) in [5.74, 6) is 0.0814. The van der Waals surface area contributed by atoms with E-state index in [0.717, 1.165) is 18.8 Å². The van der Waals surface area contributed by atoms with Crippen LogP contribution in [-0.4, -0.2) is 66.5 Å². The van der Waals surface area contributed by atoms with Crippen LogP contribution in [0.4, 0.5) is 11.4 Å². The van der Waals surface area contributed by atoms with E-state index in [1.807, 2.05) is 53.4 Å². The van der Waals surface area contributed by atoms with Crippen LogP contribution in [0.25, 0.3) is 0 Å². The highest BCUT2D eigenvalue weighted by Gasteiger charge is 2.42. The summed E-state index contributed by atoms with van der Waals surface area (Å²) >= 11 is 1.33. The Bertz CT molecular complexity index is 994. The molecule has 2 aromatic carbocycles. The van der Waals surface area contributed by atoms with Gasteiger partial charge in [0.25, 0.3) is 0 Å². The van der Waals surface area contributed by atoms with Crippen molar-refractivity contribution in [1.82, 2.24) is 15.8 Å². The monoisotopic (exact) mass is 450 g/mol. The minimum atomic E-state index is -0.297. The SMILES string of the molecule is O=C(CSC1=NC2NNCC2C(=O)N1c1ccccc1)N1CCN(c2ccccc2)CC1. The van der Waals surface area contributed by atoms with Crippen molar-refractivity contribution in [2.24, 2.45) is 10.9 Å². The number of hydrogen-bond acceptors (Lipinski definition) is 7. The summed E-state index contributed by atoms with van der Waals surface area (Å²) in [6.45, 7) is 3.56. The molecule has 2 atom stereocenters. The number of benzene rings is 2. The number of carbonyl (C=O) groups excluding carboxylic acids is 2. The van der Waals surface area contributed by atoms with Gasteiger partial charge >= 0.3 is 0 Å². The number of carbonyl (C=O) groups is 2. The van der Waals surface area contributed by atoms with E-state index in [1.165, 1.54) is 17.4 Å². The van der Waals surface area contributed by atoms with Crippen LogP contribution in [0.2, 0.25) is 0 Å². The number of nitrogens with zero attached hydrogens (tertiary/aromatic N) is 4. The maximum atomic E-state index is 13.2. The van der Waals surface area contributed by atoms with Gasteiger partial charge in [0.1, 0.15) is 6.17 Å². The zero-order chi connectivity index (χ0) is 21.9. The van der Waals surface area contributed by atoms with Crippen molar-refractivity contribution in [3.63, 3.8) is 0 Å². The number of rotatable bonds is 4. The molecule has 2 unspecified atom stereocenters. The number of aliphatic imine (C=N–C) groups is 1. The number of piperazine rings is 1. The molecule has 166 valence electrons. The molecule has 9 heteroatoms. The van der Waals surface area contributed by atoms with E-state index in [9.17, 15) is 9.59 Å². The van der Waals surface area contributed by atoms with Gasteiger partial charge in [-0.1, -0.05) is 48.2 Å². The van der Waals surface area contributed by atoms with Crippen LogP contribution >= 0.6 is 11.8 Å². The van der Waals surface area contributed by atoms with Gasteiger partial charge in [-0.2, -0.15) is 0 Å². The average Bonchev–Trinajstić information content (AvgIpc) is 3.33. The van der Waals surface area contributed by atoms with Gasteiger partial charge in [-0.3, -0.25) is 19.9 Å². The number of amidine groups is 1. The van der Waals surface area contributed by atoms with Crippen LogP contribution in [0, 0.1) is 5.92 Å². The summed E-state index contributed by atoms with van der Waals surface area (Å²) in [6, 6.07) is 19.8. The second-order valence-corrected chi connectivity index (χ2v) is 8.93. The minimum absolute atomic E-state index is 0.000115. The predicted molar refractivity (Wildman–Crippen MR) is 127 cm³/mol. The largest absolute Gasteiger partial charge is 0.368 e. The molecule has 0 radical (unpaired) electrons. The molecule has 3 heterocycles. The molecule has 3 aliphatic rings. The first-order chi connectivity index (χ1) is 15.7. The first-order valence-electron chi connectivity index (χ1n) is 10.9. The smallest absolute Gasteiger partial charge is 0.241 e. The Hall–Kier alpha value is -2.88. The normalized spacial score (nSPS) is 23.2. The van der Waals surface area contributed by atoms with E-state index in [4.69, 9.17) is 4.99 Å². The van der Waals surface area contributed by atoms with Gasteiger partial charge in [-0.05, 0) is 24.3 Å². The van der Waals surface area contributed by atoms with E-state index in [0.29, 0.717) is 24.8 Å². The quantitative estimate of drug-likeness (QED) is 0.735. The van der Waals surface area contributed by atoms with Crippen LogP contribution < -0.4 is 20.7 Å². The van der Waals surface area contributed by atoms with E-state index in [2.05, 4.69) is 27.9 Å². The number of hydrogen-bond donors (Lipinski definition) is 2. The summed E-state index contributed by atoms with van der Waals surface area (Å²) < 4.78 is 0. The molecule has 0 saturated carbocycles. The maximum Gasteiger partial charge on any atom is 0.241 e. The fourth-order valence-electron chi connectivity index (χ4n) is 4.25. The molecule has 2 amide bonds. The molecule has 2 fully saturated rings. The number of hydrazine groups is 1.